The Hall–Kier alpha value is -2.36. The third-order valence-electron chi connectivity index (χ3n) is 3.82. The Bertz CT molecular complexity index is 613. The molecule has 1 aliphatic heterocycles. The number of terminal acetylenes is 1. The summed E-state index contributed by atoms with van der Waals surface area (Å²) in [5, 5.41) is 2.86. The summed E-state index contributed by atoms with van der Waals surface area (Å²) in [6, 6.07) is -0.0548. The molecule has 1 fully saturated rings. The highest BCUT2D eigenvalue weighted by atomic mass is 19.1. The van der Waals surface area contributed by atoms with E-state index in [2.05, 4.69) is 28.1 Å². The first-order chi connectivity index (χ1) is 11.7. The first-order valence-electron chi connectivity index (χ1n) is 8.22. The molecular formula is C18H27FN4O2. The fourth-order valence-electron chi connectivity index (χ4n) is 2.66. The van der Waals surface area contributed by atoms with Crippen molar-refractivity contribution in [2.75, 3.05) is 18.0 Å². The van der Waals surface area contributed by atoms with Crippen LogP contribution in [-0.2, 0) is 4.74 Å². The molecule has 0 aliphatic carbocycles. The molecule has 1 aliphatic rings. The quantitative estimate of drug-likeness (QED) is 0.849. The van der Waals surface area contributed by atoms with Crippen LogP contribution in [0.3, 0.4) is 0 Å². The number of aromatic nitrogens is 2. The lowest BCUT2D eigenvalue weighted by atomic mass is 10.0. The van der Waals surface area contributed by atoms with Crippen molar-refractivity contribution in [1.82, 2.24) is 15.3 Å². The summed E-state index contributed by atoms with van der Waals surface area (Å²) in [5.74, 6) is 0.690. The van der Waals surface area contributed by atoms with Gasteiger partial charge in [-0.25, -0.2) is 19.2 Å². The number of aryl methyl sites for hydroxylation is 1. The number of hydrogen-bond donors (Lipinski definition) is 1. The molecule has 0 aromatic carbocycles. The van der Waals surface area contributed by atoms with Gasteiger partial charge in [-0.2, -0.15) is 0 Å². The molecule has 25 heavy (non-hydrogen) atoms. The summed E-state index contributed by atoms with van der Waals surface area (Å²) >= 11 is 0. The van der Waals surface area contributed by atoms with E-state index < -0.39 is 17.5 Å². The topological polar surface area (TPSA) is 67.4 Å². The predicted octanol–water partition coefficient (Wildman–Crippen LogP) is 2.91. The van der Waals surface area contributed by atoms with Gasteiger partial charge < -0.3 is 15.0 Å². The van der Waals surface area contributed by atoms with Crippen LogP contribution in [0.2, 0.25) is 0 Å². The van der Waals surface area contributed by atoms with Crippen LogP contribution < -0.4 is 10.2 Å². The van der Waals surface area contributed by atoms with E-state index in [0.29, 0.717) is 24.7 Å². The summed E-state index contributed by atoms with van der Waals surface area (Å²) < 4.78 is 19.2. The van der Waals surface area contributed by atoms with Crippen LogP contribution >= 0.6 is 0 Å². The molecule has 7 heteroatoms. The number of alkyl carbamates (subject to hydrolysis) is 1. The standard InChI is InChI=1S/C16H25FN4O2.C2H2/c1-10(19-15(22)23-16(3,4)5)12-6-7-21(9-12)14-13(17)8-18-11(2)20-14;1-2/h8,10,12H,6-7,9H2,1-5H3,(H,19,22);1-2H/t10-,12?;/m1./s1. The second-order valence-electron chi connectivity index (χ2n) is 7.02. The number of anilines is 1. The van der Waals surface area contributed by atoms with Gasteiger partial charge in [0, 0.05) is 19.1 Å². The van der Waals surface area contributed by atoms with Gasteiger partial charge in [-0.15, -0.1) is 12.8 Å². The Morgan fingerprint density at radius 1 is 1.48 bits per heavy atom. The van der Waals surface area contributed by atoms with Crippen molar-refractivity contribution in [3.05, 3.63) is 17.8 Å². The van der Waals surface area contributed by atoms with Gasteiger partial charge in [0.2, 0.25) is 0 Å². The number of hydrogen-bond acceptors (Lipinski definition) is 5. The molecule has 6 nitrogen and oxygen atoms in total. The van der Waals surface area contributed by atoms with Gasteiger partial charge >= 0.3 is 6.09 Å². The monoisotopic (exact) mass is 350 g/mol. The van der Waals surface area contributed by atoms with Crippen molar-refractivity contribution in [2.45, 2.75) is 52.7 Å². The number of ether oxygens (including phenoxy) is 1. The van der Waals surface area contributed by atoms with Crippen LogP contribution in [0.15, 0.2) is 6.20 Å². The van der Waals surface area contributed by atoms with E-state index in [1.807, 2.05) is 32.6 Å². The number of nitrogens with zero attached hydrogens (tertiary/aromatic N) is 3. The lowest BCUT2D eigenvalue weighted by Gasteiger charge is -2.25. The molecule has 1 aromatic rings. The number of halogens is 1. The third-order valence-corrected chi connectivity index (χ3v) is 3.82. The molecule has 0 bridgehead atoms. The van der Waals surface area contributed by atoms with Crippen molar-refractivity contribution >= 4 is 11.9 Å². The highest BCUT2D eigenvalue weighted by Crippen LogP contribution is 2.26. The van der Waals surface area contributed by atoms with Crippen LogP contribution in [0.1, 0.15) is 39.9 Å². The van der Waals surface area contributed by atoms with Crippen LogP contribution in [0, 0.1) is 31.5 Å². The van der Waals surface area contributed by atoms with Gasteiger partial charge in [0.15, 0.2) is 11.6 Å². The number of rotatable bonds is 3. The van der Waals surface area contributed by atoms with Gasteiger partial charge in [-0.3, -0.25) is 0 Å². The summed E-state index contributed by atoms with van der Waals surface area (Å²) in [6.07, 6.45) is 9.64. The molecule has 1 saturated heterocycles. The van der Waals surface area contributed by atoms with E-state index in [1.54, 1.807) is 6.92 Å². The van der Waals surface area contributed by atoms with E-state index in [4.69, 9.17) is 4.74 Å². The zero-order chi connectivity index (χ0) is 19.2. The highest BCUT2D eigenvalue weighted by molar-refractivity contribution is 5.68. The average molecular weight is 350 g/mol. The molecule has 0 radical (unpaired) electrons. The van der Waals surface area contributed by atoms with Gasteiger partial charge in [0.25, 0.3) is 0 Å². The molecule has 138 valence electrons. The molecule has 0 saturated carbocycles. The van der Waals surface area contributed by atoms with Crippen LogP contribution in [0.4, 0.5) is 15.0 Å². The maximum Gasteiger partial charge on any atom is 0.407 e. The fourth-order valence-corrected chi connectivity index (χ4v) is 2.66. The molecule has 1 unspecified atom stereocenters. The number of carbonyl (C=O) groups excluding carboxylic acids is 1. The average Bonchev–Trinajstić information content (AvgIpc) is 2.99. The zero-order valence-electron chi connectivity index (χ0n) is 15.5. The van der Waals surface area contributed by atoms with E-state index in [0.717, 1.165) is 6.42 Å². The largest absolute Gasteiger partial charge is 0.444 e. The molecule has 1 amide bonds. The Kier molecular flexibility index (Phi) is 7.16. The van der Waals surface area contributed by atoms with Gasteiger partial charge in [0.1, 0.15) is 11.4 Å². The smallest absolute Gasteiger partial charge is 0.407 e. The normalized spacial score (nSPS) is 18.1. The Morgan fingerprint density at radius 2 is 2.12 bits per heavy atom. The maximum atomic E-state index is 13.9. The van der Waals surface area contributed by atoms with Crippen molar-refractivity contribution in [3.8, 4) is 12.8 Å². The Morgan fingerprint density at radius 3 is 2.72 bits per heavy atom. The van der Waals surface area contributed by atoms with Gasteiger partial charge in [-0.1, -0.05) is 0 Å². The molecule has 2 rings (SSSR count). The third kappa shape index (κ3) is 6.22. The summed E-state index contributed by atoms with van der Waals surface area (Å²) in [7, 11) is 0. The minimum absolute atomic E-state index is 0.0548. The summed E-state index contributed by atoms with van der Waals surface area (Å²) in [5.41, 5.74) is -0.521. The molecule has 0 spiro atoms. The van der Waals surface area contributed by atoms with Crippen molar-refractivity contribution in [3.63, 3.8) is 0 Å². The highest BCUT2D eigenvalue weighted by Gasteiger charge is 2.31. The van der Waals surface area contributed by atoms with E-state index in [1.165, 1.54) is 6.20 Å². The maximum absolute atomic E-state index is 13.9. The first kappa shape index (κ1) is 20.7. The van der Waals surface area contributed by atoms with Crippen LogP contribution in [0.5, 0.6) is 0 Å². The van der Waals surface area contributed by atoms with E-state index in [9.17, 15) is 9.18 Å². The molecule has 1 N–H and O–H groups in total. The van der Waals surface area contributed by atoms with Gasteiger partial charge in [-0.05, 0) is 47.0 Å². The number of carbonyl (C=O) groups is 1. The minimum Gasteiger partial charge on any atom is -0.444 e. The van der Waals surface area contributed by atoms with Crippen LogP contribution in [-0.4, -0.2) is 40.8 Å². The molecule has 2 atom stereocenters. The lowest BCUT2D eigenvalue weighted by molar-refractivity contribution is 0.0494. The van der Waals surface area contributed by atoms with Crippen molar-refractivity contribution in [1.29, 1.82) is 0 Å². The summed E-state index contributed by atoms with van der Waals surface area (Å²) in [4.78, 5) is 21.8. The SMILES string of the molecule is C#C.Cc1ncc(F)c(N2CCC([C@@H](C)NC(=O)OC(C)(C)C)C2)n1. The van der Waals surface area contributed by atoms with Crippen molar-refractivity contribution in [2.24, 2.45) is 5.92 Å². The zero-order valence-corrected chi connectivity index (χ0v) is 15.5. The number of nitrogens with one attached hydrogen (secondary N) is 1. The minimum atomic E-state index is -0.521. The first-order valence-corrected chi connectivity index (χ1v) is 8.22. The van der Waals surface area contributed by atoms with E-state index >= 15 is 0 Å². The van der Waals surface area contributed by atoms with E-state index in [-0.39, 0.29) is 12.0 Å². The lowest BCUT2D eigenvalue weighted by Crippen LogP contribution is -2.42. The second-order valence-corrected chi connectivity index (χ2v) is 7.02. The number of amides is 1. The fraction of sp³-hybridized carbons (Fsp3) is 0.611. The predicted molar refractivity (Wildman–Crippen MR) is 95.8 cm³/mol. The Balaban J connectivity index is 0.00000151. The summed E-state index contributed by atoms with van der Waals surface area (Å²) in [6.45, 7) is 10.5. The second kappa shape index (κ2) is 8.65. The van der Waals surface area contributed by atoms with Crippen molar-refractivity contribution < 1.29 is 13.9 Å². The molecular weight excluding hydrogens is 323 g/mol. The Labute approximate surface area is 149 Å². The van der Waals surface area contributed by atoms with Gasteiger partial charge in [0.05, 0.1) is 6.20 Å². The molecule has 1 aromatic heterocycles. The van der Waals surface area contributed by atoms with Crippen LogP contribution in [0.25, 0.3) is 0 Å². The molecule has 2 heterocycles.